The fraction of sp³-hybridized carbons (Fsp3) is 0.222. The van der Waals surface area contributed by atoms with Crippen molar-refractivity contribution in [2.75, 3.05) is 5.75 Å². The molecule has 2 heterocycles. The van der Waals surface area contributed by atoms with Gasteiger partial charge in [0, 0.05) is 12.6 Å². The van der Waals surface area contributed by atoms with Crippen LogP contribution in [-0.4, -0.2) is 20.7 Å². The van der Waals surface area contributed by atoms with Gasteiger partial charge in [0.05, 0.1) is 5.39 Å². The molecule has 0 spiro atoms. The molecule has 0 amide bonds. The van der Waals surface area contributed by atoms with E-state index >= 15 is 0 Å². The summed E-state index contributed by atoms with van der Waals surface area (Å²) in [7, 11) is 0. The van der Waals surface area contributed by atoms with Crippen LogP contribution in [0.5, 0.6) is 0 Å². The molecule has 1 N–H and O–H groups in total. The van der Waals surface area contributed by atoms with Gasteiger partial charge >= 0.3 is 0 Å². The lowest BCUT2D eigenvalue weighted by Gasteiger charge is -1.99. The van der Waals surface area contributed by atoms with Crippen molar-refractivity contribution in [3.63, 3.8) is 0 Å². The summed E-state index contributed by atoms with van der Waals surface area (Å²) in [6.07, 6.45) is 2.27. The summed E-state index contributed by atoms with van der Waals surface area (Å²) in [6.45, 7) is 0. The topological polar surface area (TPSA) is 58.6 Å². The molecule has 0 saturated carbocycles. The lowest BCUT2D eigenvalue weighted by molar-refractivity contribution is 0.946. The molecule has 0 aliphatic heterocycles. The van der Waals surface area contributed by atoms with Crippen molar-refractivity contribution in [3.8, 4) is 0 Å². The van der Waals surface area contributed by atoms with E-state index in [9.17, 15) is 4.79 Å². The molecule has 0 aliphatic carbocycles. The van der Waals surface area contributed by atoms with Crippen LogP contribution in [-0.2, 0) is 6.42 Å². The van der Waals surface area contributed by atoms with Gasteiger partial charge in [-0.2, -0.15) is 12.6 Å². The Morgan fingerprint density at radius 1 is 1.50 bits per heavy atom. The second-order valence-corrected chi connectivity index (χ2v) is 3.31. The lowest BCUT2D eigenvalue weighted by Crippen LogP contribution is -2.12. The fourth-order valence-electron chi connectivity index (χ4n) is 1.24. The highest BCUT2D eigenvalue weighted by Crippen LogP contribution is 2.02. The zero-order chi connectivity index (χ0) is 9.97. The highest BCUT2D eigenvalue weighted by Gasteiger charge is 2.02. The minimum absolute atomic E-state index is 0.139. The Kier molecular flexibility index (Phi) is 2.49. The molecule has 5 heteroatoms. The Bertz CT molecular complexity index is 509. The van der Waals surface area contributed by atoms with Crippen LogP contribution in [0.25, 0.3) is 11.0 Å². The highest BCUT2D eigenvalue weighted by molar-refractivity contribution is 7.80. The van der Waals surface area contributed by atoms with Crippen molar-refractivity contribution >= 4 is 23.7 Å². The molecule has 0 saturated heterocycles. The number of nitrogens with one attached hydrogen (secondary N) is 1. The third-order valence-electron chi connectivity index (χ3n) is 1.88. The highest BCUT2D eigenvalue weighted by atomic mass is 32.1. The first-order valence-corrected chi connectivity index (χ1v) is 4.89. The Labute approximate surface area is 85.8 Å². The summed E-state index contributed by atoms with van der Waals surface area (Å²) < 4.78 is 0. The zero-order valence-electron chi connectivity index (χ0n) is 7.40. The quantitative estimate of drug-likeness (QED) is 0.716. The summed E-state index contributed by atoms with van der Waals surface area (Å²) in [4.78, 5) is 22.4. The molecule has 0 bridgehead atoms. The number of hydrogen-bond donors (Lipinski definition) is 2. The zero-order valence-corrected chi connectivity index (χ0v) is 8.29. The van der Waals surface area contributed by atoms with E-state index in [1.54, 1.807) is 18.3 Å². The van der Waals surface area contributed by atoms with E-state index in [1.165, 1.54) is 0 Å². The Hall–Kier alpha value is -1.36. The van der Waals surface area contributed by atoms with Crippen LogP contribution in [0.2, 0.25) is 0 Å². The van der Waals surface area contributed by atoms with Gasteiger partial charge in [-0.3, -0.25) is 4.79 Å². The summed E-state index contributed by atoms with van der Waals surface area (Å²) in [5, 5.41) is 0.524. The van der Waals surface area contributed by atoms with E-state index in [2.05, 4.69) is 27.6 Å². The van der Waals surface area contributed by atoms with Gasteiger partial charge in [-0.1, -0.05) is 0 Å². The van der Waals surface area contributed by atoms with Gasteiger partial charge in [0.15, 0.2) is 5.65 Å². The van der Waals surface area contributed by atoms with Gasteiger partial charge in [-0.25, -0.2) is 9.97 Å². The van der Waals surface area contributed by atoms with Crippen LogP contribution >= 0.6 is 12.6 Å². The number of thiol groups is 1. The number of hydrogen-bond acceptors (Lipinski definition) is 4. The SMILES string of the molecule is O=c1[nH]c(CCS)nc2ncccc12. The van der Waals surface area contributed by atoms with Crippen molar-refractivity contribution in [1.82, 2.24) is 15.0 Å². The van der Waals surface area contributed by atoms with Crippen molar-refractivity contribution < 1.29 is 0 Å². The number of fused-ring (bicyclic) bond motifs is 1. The summed E-state index contributed by atoms with van der Waals surface area (Å²) >= 11 is 4.08. The molecule has 0 aliphatic rings. The molecule has 0 radical (unpaired) electrons. The fourth-order valence-corrected chi connectivity index (χ4v) is 1.45. The van der Waals surface area contributed by atoms with Gasteiger partial charge in [-0.15, -0.1) is 0 Å². The second-order valence-electron chi connectivity index (χ2n) is 2.86. The van der Waals surface area contributed by atoms with Crippen LogP contribution in [0.1, 0.15) is 5.82 Å². The van der Waals surface area contributed by atoms with Crippen LogP contribution in [0.3, 0.4) is 0 Å². The molecule has 14 heavy (non-hydrogen) atoms. The minimum Gasteiger partial charge on any atom is -0.310 e. The predicted octanol–water partition coefficient (Wildman–Crippen LogP) is 0.790. The number of rotatable bonds is 2. The minimum atomic E-state index is -0.139. The number of aromatic nitrogens is 3. The average Bonchev–Trinajstić information content (AvgIpc) is 2.18. The summed E-state index contributed by atoms with van der Waals surface area (Å²) in [5.41, 5.74) is 0.355. The first kappa shape index (κ1) is 9.21. The maximum atomic E-state index is 11.5. The smallest absolute Gasteiger partial charge is 0.260 e. The van der Waals surface area contributed by atoms with Crippen LogP contribution in [0.4, 0.5) is 0 Å². The van der Waals surface area contributed by atoms with E-state index in [1.807, 2.05) is 0 Å². The molecule has 0 fully saturated rings. The Balaban J connectivity index is 2.66. The van der Waals surface area contributed by atoms with Crippen LogP contribution in [0, 0.1) is 0 Å². The van der Waals surface area contributed by atoms with E-state index in [-0.39, 0.29) is 5.56 Å². The molecule has 2 rings (SSSR count). The predicted molar refractivity (Wildman–Crippen MR) is 57.7 cm³/mol. The average molecular weight is 207 g/mol. The van der Waals surface area contributed by atoms with Gasteiger partial charge < -0.3 is 4.98 Å². The van der Waals surface area contributed by atoms with E-state index in [0.29, 0.717) is 29.0 Å². The molecule has 4 nitrogen and oxygen atoms in total. The molecule has 0 aromatic carbocycles. The molecular formula is C9H9N3OS. The second kappa shape index (κ2) is 3.79. The molecule has 0 atom stereocenters. The Morgan fingerprint density at radius 3 is 3.14 bits per heavy atom. The monoisotopic (exact) mass is 207 g/mol. The number of H-pyrrole nitrogens is 1. The normalized spacial score (nSPS) is 10.6. The summed E-state index contributed by atoms with van der Waals surface area (Å²) in [5.74, 6) is 1.29. The van der Waals surface area contributed by atoms with Gasteiger partial charge in [-0.05, 0) is 17.9 Å². The maximum absolute atomic E-state index is 11.5. The molecule has 72 valence electrons. The number of pyridine rings is 1. The van der Waals surface area contributed by atoms with Crippen molar-refractivity contribution in [2.24, 2.45) is 0 Å². The first-order chi connectivity index (χ1) is 6.81. The maximum Gasteiger partial charge on any atom is 0.260 e. The van der Waals surface area contributed by atoms with E-state index in [0.717, 1.165) is 0 Å². The van der Waals surface area contributed by atoms with E-state index < -0.39 is 0 Å². The van der Waals surface area contributed by atoms with E-state index in [4.69, 9.17) is 0 Å². The van der Waals surface area contributed by atoms with Crippen molar-refractivity contribution in [1.29, 1.82) is 0 Å². The third-order valence-corrected chi connectivity index (χ3v) is 2.10. The first-order valence-electron chi connectivity index (χ1n) is 4.26. The largest absolute Gasteiger partial charge is 0.310 e. The third kappa shape index (κ3) is 1.63. The van der Waals surface area contributed by atoms with Crippen LogP contribution < -0.4 is 5.56 Å². The molecule has 2 aromatic heterocycles. The lowest BCUT2D eigenvalue weighted by atomic mass is 10.3. The van der Waals surface area contributed by atoms with Gasteiger partial charge in [0.2, 0.25) is 0 Å². The number of aryl methyl sites for hydroxylation is 1. The number of aromatic amines is 1. The summed E-state index contributed by atoms with van der Waals surface area (Å²) in [6, 6.07) is 3.43. The molecule has 2 aromatic rings. The van der Waals surface area contributed by atoms with Crippen LogP contribution in [0.15, 0.2) is 23.1 Å². The molecular weight excluding hydrogens is 198 g/mol. The molecule has 0 unspecified atom stereocenters. The van der Waals surface area contributed by atoms with Gasteiger partial charge in [0.25, 0.3) is 5.56 Å². The number of nitrogens with zero attached hydrogens (tertiary/aromatic N) is 2. The van der Waals surface area contributed by atoms with Crippen molar-refractivity contribution in [2.45, 2.75) is 6.42 Å². The van der Waals surface area contributed by atoms with Crippen molar-refractivity contribution in [3.05, 3.63) is 34.5 Å². The van der Waals surface area contributed by atoms with Gasteiger partial charge in [0.1, 0.15) is 5.82 Å². The standard InChI is InChI=1S/C9H9N3OS/c13-9-6-2-1-4-10-8(6)11-7(12-9)3-5-14/h1-2,4,14H,3,5H2,(H,10,11,12,13). The Morgan fingerprint density at radius 2 is 2.36 bits per heavy atom.